The summed E-state index contributed by atoms with van der Waals surface area (Å²) < 4.78 is 5.76. The average Bonchev–Trinajstić information content (AvgIpc) is 3.51. The highest BCUT2D eigenvalue weighted by atomic mass is 32.1. The zero-order valence-electron chi connectivity index (χ0n) is 24.4. The third-order valence-corrected chi connectivity index (χ3v) is 8.67. The number of nitrogens with one attached hydrogen (secondary N) is 2. The summed E-state index contributed by atoms with van der Waals surface area (Å²) in [5.74, 6) is 0.287. The number of nitrogens with zero attached hydrogens (tertiary/aromatic N) is 2. The van der Waals surface area contributed by atoms with Gasteiger partial charge >= 0.3 is 6.09 Å². The number of aromatic hydroxyl groups is 1. The number of benzene rings is 3. The van der Waals surface area contributed by atoms with Crippen LogP contribution in [0.4, 0.5) is 10.5 Å². The summed E-state index contributed by atoms with van der Waals surface area (Å²) in [5.41, 5.74) is 3.81. The molecular formula is C34H38N4O4S. The van der Waals surface area contributed by atoms with Crippen molar-refractivity contribution >= 4 is 29.0 Å². The van der Waals surface area contributed by atoms with Crippen LogP contribution in [0.15, 0.2) is 91.0 Å². The van der Waals surface area contributed by atoms with E-state index in [0.717, 1.165) is 64.6 Å². The van der Waals surface area contributed by atoms with E-state index in [-0.39, 0.29) is 17.8 Å². The van der Waals surface area contributed by atoms with E-state index in [0.29, 0.717) is 19.6 Å². The molecule has 1 aliphatic rings. The largest absolute Gasteiger partial charge is 0.508 e. The van der Waals surface area contributed by atoms with E-state index in [1.807, 2.05) is 85.9 Å². The van der Waals surface area contributed by atoms with Gasteiger partial charge in [0.05, 0.1) is 10.6 Å². The number of carbonyl (C=O) groups is 2. The lowest BCUT2D eigenvalue weighted by molar-refractivity contribution is 0.0541. The van der Waals surface area contributed by atoms with E-state index in [2.05, 4.69) is 15.5 Å². The fourth-order valence-corrected chi connectivity index (χ4v) is 6.09. The van der Waals surface area contributed by atoms with Gasteiger partial charge in [-0.15, -0.1) is 11.3 Å². The van der Waals surface area contributed by atoms with Gasteiger partial charge in [-0.2, -0.15) is 0 Å². The first-order valence-corrected chi connectivity index (χ1v) is 15.4. The smallest absolute Gasteiger partial charge is 0.411 e. The van der Waals surface area contributed by atoms with E-state index in [1.165, 1.54) is 11.3 Å². The number of carbonyl (C=O) groups excluding carboxylic acids is 2. The van der Waals surface area contributed by atoms with Crippen molar-refractivity contribution in [3.63, 3.8) is 0 Å². The molecule has 0 saturated carbocycles. The van der Waals surface area contributed by atoms with Crippen molar-refractivity contribution in [3.8, 4) is 16.9 Å². The predicted molar refractivity (Wildman–Crippen MR) is 171 cm³/mol. The first-order chi connectivity index (χ1) is 20.9. The van der Waals surface area contributed by atoms with Gasteiger partial charge in [-0.3, -0.25) is 10.1 Å². The van der Waals surface area contributed by atoms with Gasteiger partial charge in [0.25, 0.3) is 5.91 Å². The summed E-state index contributed by atoms with van der Waals surface area (Å²) in [6.45, 7) is 4.41. The van der Waals surface area contributed by atoms with E-state index < -0.39 is 6.09 Å². The van der Waals surface area contributed by atoms with Gasteiger partial charge < -0.3 is 25.0 Å². The molecule has 2 heterocycles. The number of amides is 2. The molecule has 1 saturated heterocycles. The number of hydrogen-bond acceptors (Lipinski definition) is 7. The maximum atomic E-state index is 13.0. The highest BCUT2D eigenvalue weighted by molar-refractivity contribution is 7.14. The van der Waals surface area contributed by atoms with E-state index in [1.54, 1.807) is 17.0 Å². The molecule has 0 spiro atoms. The SMILES string of the molecule is CN(CCN1CCC(OC(=O)Nc2ccccc2-c2ccccc2)CC1)C(=O)c1ccc(CNCc2ccc(O)cc2)s1. The Morgan fingerprint density at radius 1 is 0.930 bits per heavy atom. The number of likely N-dealkylation sites (N-methyl/N-ethyl adjacent to an activating group) is 1. The zero-order valence-corrected chi connectivity index (χ0v) is 25.2. The number of ether oxygens (including phenoxy) is 1. The Bertz CT molecular complexity index is 1480. The second-order valence-electron chi connectivity index (χ2n) is 10.7. The number of phenolic OH excluding ortho intramolecular Hbond substituents is 1. The van der Waals surface area contributed by atoms with Gasteiger partial charge in [0.1, 0.15) is 11.9 Å². The lowest BCUT2D eigenvalue weighted by atomic mass is 10.0. The van der Waals surface area contributed by atoms with Gasteiger partial charge in [-0.05, 0) is 54.3 Å². The van der Waals surface area contributed by atoms with Crippen molar-refractivity contribution in [1.82, 2.24) is 15.1 Å². The lowest BCUT2D eigenvalue weighted by Crippen LogP contribution is -2.42. The van der Waals surface area contributed by atoms with Gasteiger partial charge in [0, 0.05) is 56.8 Å². The van der Waals surface area contributed by atoms with Crippen LogP contribution in [0.3, 0.4) is 0 Å². The summed E-state index contributed by atoms with van der Waals surface area (Å²) in [6.07, 6.45) is 0.956. The highest BCUT2D eigenvalue weighted by Crippen LogP contribution is 2.28. The van der Waals surface area contributed by atoms with E-state index in [4.69, 9.17) is 4.74 Å². The molecule has 0 aliphatic carbocycles. The highest BCUT2D eigenvalue weighted by Gasteiger charge is 2.23. The maximum absolute atomic E-state index is 13.0. The molecular weight excluding hydrogens is 560 g/mol. The molecule has 0 bridgehead atoms. The molecule has 0 atom stereocenters. The van der Waals surface area contributed by atoms with Gasteiger partial charge in [0.2, 0.25) is 0 Å². The Kier molecular flexibility index (Phi) is 10.4. The van der Waals surface area contributed by atoms with Gasteiger partial charge in [-0.25, -0.2) is 4.79 Å². The number of para-hydroxylation sites is 1. The molecule has 0 unspecified atom stereocenters. The molecule has 8 nitrogen and oxygen atoms in total. The monoisotopic (exact) mass is 598 g/mol. The molecule has 1 aromatic heterocycles. The first-order valence-electron chi connectivity index (χ1n) is 14.6. The number of hydrogen-bond donors (Lipinski definition) is 3. The van der Waals surface area contributed by atoms with Crippen LogP contribution < -0.4 is 10.6 Å². The van der Waals surface area contributed by atoms with Crippen molar-refractivity contribution in [2.45, 2.75) is 32.0 Å². The van der Waals surface area contributed by atoms with Gasteiger partial charge in [-0.1, -0.05) is 60.7 Å². The van der Waals surface area contributed by atoms with Crippen molar-refractivity contribution < 1.29 is 19.4 Å². The quantitative estimate of drug-likeness (QED) is 0.191. The second kappa shape index (κ2) is 14.8. The fourth-order valence-electron chi connectivity index (χ4n) is 5.12. The van der Waals surface area contributed by atoms with Crippen LogP contribution in [0.25, 0.3) is 11.1 Å². The van der Waals surface area contributed by atoms with Crippen LogP contribution in [0.1, 0.15) is 33.0 Å². The minimum atomic E-state index is -0.432. The van der Waals surface area contributed by atoms with Gasteiger partial charge in [0.15, 0.2) is 0 Å². The van der Waals surface area contributed by atoms with Crippen molar-refractivity contribution in [3.05, 3.63) is 106 Å². The normalized spacial score (nSPS) is 13.9. The standard InChI is InChI=1S/C34H38N4O4S/c1-37(33(40)32-16-15-29(43-32)24-35-23-25-11-13-27(39)14-12-25)21-22-38-19-17-28(18-20-38)42-34(41)36-31-10-6-5-9-30(31)26-7-3-2-4-8-26/h2-16,28,35,39H,17-24H2,1H3,(H,36,41). The molecule has 1 fully saturated rings. The molecule has 2 amide bonds. The van der Waals surface area contributed by atoms with Crippen molar-refractivity contribution in [2.75, 3.05) is 38.5 Å². The molecule has 43 heavy (non-hydrogen) atoms. The third-order valence-electron chi connectivity index (χ3n) is 7.59. The third kappa shape index (κ3) is 8.67. The summed E-state index contributed by atoms with van der Waals surface area (Å²) in [6, 6.07) is 28.7. The van der Waals surface area contributed by atoms with Crippen LogP contribution in [-0.4, -0.2) is 66.2 Å². The Labute approximate surface area is 256 Å². The zero-order chi connectivity index (χ0) is 30.0. The molecule has 224 valence electrons. The Morgan fingerprint density at radius 2 is 1.65 bits per heavy atom. The predicted octanol–water partition coefficient (Wildman–Crippen LogP) is 6.20. The number of phenols is 1. The molecule has 1 aliphatic heterocycles. The fraction of sp³-hybridized carbons (Fsp3) is 0.294. The van der Waals surface area contributed by atoms with Crippen molar-refractivity contribution in [1.29, 1.82) is 0 Å². The van der Waals surface area contributed by atoms with E-state index >= 15 is 0 Å². The molecule has 4 aromatic rings. The number of anilines is 1. The van der Waals surface area contributed by atoms with Crippen LogP contribution in [-0.2, 0) is 17.8 Å². The average molecular weight is 599 g/mol. The molecule has 5 rings (SSSR count). The summed E-state index contributed by atoms with van der Waals surface area (Å²) in [7, 11) is 1.85. The number of likely N-dealkylation sites (tertiary alicyclic amines) is 1. The number of piperidine rings is 1. The van der Waals surface area contributed by atoms with Crippen LogP contribution in [0.2, 0.25) is 0 Å². The molecule has 3 aromatic carbocycles. The Morgan fingerprint density at radius 3 is 2.42 bits per heavy atom. The Balaban J connectivity index is 1.01. The number of thiophene rings is 1. The first kappa shape index (κ1) is 30.3. The second-order valence-corrected chi connectivity index (χ2v) is 11.9. The lowest BCUT2D eigenvalue weighted by Gasteiger charge is -2.32. The molecule has 0 radical (unpaired) electrons. The van der Waals surface area contributed by atoms with Crippen LogP contribution in [0, 0.1) is 0 Å². The molecule has 3 N–H and O–H groups in total. The topological polar surface area (TPSA) is 94.1 Å². The van der Waals surface area contributed by atoms with Crippen LogP contribution in [0.5, 0.6) is 5.75 Å². The minimum Gasteiger partial charge on any atom is -0.508 e. The summed E-state index contributed by atoms with van der Waals surface area (Å²) in [5, 5.41) is 15.7. The maximum Gasteiger partial charge on any atom is 0.411 e. The minimum absolute atomic E-state index is 0.0282. The molecule has 9 heteroatoms. The summed E-state index contributed by atoms with van der Waals surface area (Å²) >= 11 is 1.51. The van der Waals surface area contributed by atoms with Crippen molar-refractivity contribution in [2.24, 2.45) is 0 Å². The summed E-state index contributed by atoms with van der Waals surface area (Å²) in [4.78, 5) is 31.6. The van der Waals surface area contributed by atoms with Crippen LogP contribution >= 0.6 is 11.3 Å². The Hall–Kier alpha value is -4.18. The van der Waals surface area contributed by atoms with E-state index in [9.17, 15) is 14.7 Å². The number of rotatable bonds is 11.